The summed E-state index contributed by atoms with van der Waals surface area (Å²) in [5.41, 5.74) is 3.66. The summed E-state index contributed by atoms with van der Waals surface area (Å²) in [4.78, 5) is 23.3. The molecule has 0 radical (unpaired) electrons. The van der Waals surface area contributed by atoms with Gasteiger partial charge in [0.05, 0.1) is 5.41 Å². The van der Waals surface area contributed by atoms with Crippen molar-refractivity contribution >= 4 is 11.9 Å². The van der Waals surface area contributed by atoms with E-state index in [0.29, 0.717) is 19.3 Å². The van der Waals surface area contributed by atoms with Crippen molar-refractivity contribution in [3.63, 3.8) is 0 Å². The number of hydrogen-bond acceptors (Lipinski definition) is 3. The largest absolute Gasteiger partial charge is 0.480 e. The highest BCUT2D eigenvalue weighted by Gasteiger charge is 2.39. The summed E-state index contributed by atoms with van der Waals surface area (Å²) in [6, 6.07) is 0. The van der Waals surface area contributed by atoms with E-state index in [2.05, 4.69) is 5.32 Å². The molecule has 4 N–H and O–H groups in total. The second kappa shape index (κ2) is 6.00. The van der Waals surface area contributed by atoms with E-state index in [1.807, 2.05) is 13.8 Å². The van der Waals surface area contributed by atoms with Gasteiger partial charge in [0.15, 0.2) is 0 Å². The maximum atomic E-state index is 12.1. The number of rotatable bonds is 7. The Bertz CT molecular complexity index is 287. The highest BCUT2D eigenvalue weighted by molar-refractivity contribution is 5.89. The van der Waals surface area contributed by atoms with Gasteiger partial charge in [-0.25, -0.2) is 4.79 Å². The molecule has 0 aliphatic rings. The lowest BCUT2D eigenvalue weighted by Crippen LogP contribution is -2.57. The Morgan fingerprint density at radius 3 is 2.12 bits per heavy atom. The van der Waals surface area contributed by atoms with E-state index in [-0.39, 0.29) is 12.5 Å². The average molecular weight is 244 g/mol. The molecule has 0 bridgehead atoms. The Labute approximate surface area is 103 Å². The average Bonchev–Trinajstić information content (AvgIpc) is 2.27. The summed E-state index contributed by atoms with van der Waals surface area (Å²) >= 11 is 0. The zero-order valence-electron chi connectivity index (χ0n) is 11.2. The topological polar surface area (TPSA) is 92.4 Å². The Hall–Kier alpha value is -1.10. The standard InChI is InChI=1S/C12H24N2O3/c1-5-7-12(4,10(16)17)14-9(15)11(3,6-2)8-13/h5-8,13H2,1-4H3,(H,14,15)(H,16,17). The smallest absolute Gasteiger partial charge is 0.329 e. The van der Waals surface area contributed by atoms with Crippen molar-refractivity contribution in [3.8, 4) is 0 Å². The van der Waals surface area contributed by atoms with Gasteiger partial charge < -0.3 is 16.2 Å². The predicted molar refractivity (Wildman–Crippen MR) is 66.5 cm³/mol. The second-order valence-corrected chi connectivity index (χ2v) is 4.96. The Balaban J connectivity index is 4.90. The highest BCUT2D eigenvalue weighted by atomic mass is 16.4. The molecule has 0 saturated heterocycles. The van der Waals surface area contributed by atoms with Crippen LogP contribution in [0.2, 0.25) is 0 Å². The van der Waals surface area contributed by atoms with Crippen molar-refractivity contribution in [2.24, 2.45) is 11.1 Å². The molecule has 17 heavy (non-hydrogen) atoms. The lowest BCUT2D eigenvalue weighted by molar-refractivity contribution is -0.149. The van der Waals surface area contributed by atoms with Gasteiger partial charge in [-0.1, -0.05) is 20.3 Å². The van der Waals surface area contributed by atoms with Crippen LogP contribution in [0.4, 0.5) is 0 Å². The van der Waals surface area contributed by atoms with Crippen LogP contribution in [-0.4, -0.2) is 29.1 Å². The molecule has 2 atom stereocenters. The molecular formula is C12H24N2O3. The van der Waals surface area contributed by atoms with Gasteiger partial charge in [-0.2, -0.15) is 0 Å². The normalized spacial score (nSPS) is 17.9. The molecule has 2 unspecified atom stereocenters. The molecule has 0 aromatic carbocycles. The quantitative estimate of drug-likeness (QED) is 0.625. The van der Waals surface area contributed by atoms with Crippen molar-refractivity contribution in [1.29, 1.82) is 0 Å². The Morgan fingerprint density at radius 1 is 1.29 bits per heavy atom. The van der Waals surface area contributed by atoms with Gasteiger partial charge in [0.25, 0.3) is 0 Å². The first-order valence-corrected chi connectivity index (χ1v) is 6.01. The monoisotopic (exact) mass is 244 g/mol. The first-order valence-electron chi connectivity index (χ1n) is 6.01. The van der Waals surface area contributed by atoms with Crippen molar-refractivity contribution < 1.29 is 14.7 Å². The number of hydrogen-bond donors (Lipinski definition) is 3. The summed E-state index contributed by atoms with van der Waals surface area (Å²) in [6.07, 6.45) is 1.67. The first kappa shape index (κ1) is 15.9. The number of carbonyl (C=O) groups is 2. The molecule has 0 aromatic rings. The van der Waals surface area contributed by atoms with E-state index in [9.17, 15) is 14.7 Å². The second-order valence-electron chi connectivity index (χ2n) is 4.96. The van der Waals surface area contributed by atoms with Gasteiger partial charge in [0, 0.05) is 6.54 Å². The van der Waals surface area contributed by atoms with Gasteiger partial charge in [0.2, 0.25) is 5.91 Å². The minimum atomic E-state index is -1.21. The van der Waals surface area contributed by atoms with Gasteiger partial charge in [-0.05, 0) is 26.7 Å². The molecule has 1 amide bonds. The number of carboxylic acid groups (broad SMARTS) is 1. The lowest BCUT2D eigenvalue weighted by atomic mass is 9.84. The van der Waals surface area contributed by atoms with Crippen LogP contribution >= 0.6 is 0 Å². The molecule has 0 rings (SSSR count). The van der Waals surface area contributed by atoms with E-state index in [1.54, 1.807) is 6.92 Å². The molecule has 0 aliphatic carbocycles. The van der Waals surface area contributed by atoms with Gasteiger partial charge in [-0.15, -0.1) is 0 Å². The molecule has 5 heteroatoms. The van der Waals surface area contributed by atoms with E-state index in [1.165, 1.54) is 6.92 Å². The fourth-order valence-corrected chi connectivity index (χ4v) is 1.52. The maximum absolute atomic E-state index is 12.1. The Morgan fingerprint density at radius 2 is 1.82 bits per heavy atom. The van der Waals surface area contributed by atoms with E-state index >= 15 is 0 Å². The number of nitrogens with two attached hydrogens (primary N) is 1. The number of amides is 1. The van der Waals surface area contributed by atoms with E-state index < -0.39 is 16.9 Å². The maximum Gasteiger partial charge on any atom is 0.329 e. The summed E-state index contributed by atoms with van der Waals surface area (Å²) in [5, 5.41) is 11.8. The SMILES string of the molecule is CCCC(C)(NC(=O)C(C)(CC)CN)C(=O)O. The summed E-state index contributed by atoms with van der Waals surface area (Å²) in [6.45, 7) is 7.23. The summed E-state index contributed by atoms with van der Waals surface area (Å²) in [5.74, 6) is -1.30. The molecule has 0 heterocycles. The zero-order chi connectivity index (χ0) is 13.7. The van der Waals surface area contributed by atoms with Crippen LogP contribution in [0.5, 0.6) is 0 Å². The molecule has 100 valence electrons. The van der Waals surface area contributed by atoms with Crippen LogP contribution in [-0.2, 0) is 9.59 Å². The summed E-state index contributed by atoms with van der Waals surface area (Å²) < 4.78 is 0. The molecule has 0 fully saturated rings. The van der Waals surface area contributed by atoms with Crippen molar-refractivity contribution in [1.82, 2.24) is 5.32 Å². The number of aliphatic carboxylic acids is 1. The number of nitrogens with one attached hydrogen (secondary N) is 1. The third-order valence-corrected chi connectivity index (χ3v) is 3.39. The van der Waals surface area contributed by atoms with E-state index in [0.717, 1.165) is 0 Å². The molecular weight excluding hydrogens is 220 g/mol. The van der Waals surface area contributed by atoms with E-state index in [4.69, 9.17) is 5.73 Å². The third kappa shape index (κ3) is 3.70. The lowest BCUT2D eigenvalue weighted by Gasteiger charge is -2.32. The molecule has 0 aliphatic heterocycles. The molecule has 0 aromatic heterocycles. The zero-order valence-corrected chi connectivity index (χ0v) is 11.2. The van der Waals surface area contributed by atoms with Crippen LogP contribution in [0.15, 0.2) is 0 Å². The van der Waals surface area contributed by atoms with Crippen molar-refractivity contribution in [3.05, 3.63) is 0 Å². The van der Waals surface area contributed by atoms with Gasteiger partial charge in [0.1, 0.15) is 5.54 Å². The minimum Gasteiger partial charge on any atom is -0.480 e. The predicted octanol–water partition coefficient (Wildman–Crippen LogP) is 1.12. The number of carboxylic acids is 1. The Kier molecular flexibility index (Phi) is 5.61. The molecule has 5 nitrogen and oxygen atoms in total. The highest BCUT2D eigenvalue weighted by Crippen LogP contribution is 2.22. The van der Waals surface area contributed by atoms with Crippen LogP contribution in [0.1, 0.15) is 47.0 Å². The molecule has 0 saturated carbocycles. The third-order valence-electron chi connectivity index (χ3n) is 3.39. The minimum absolute atomic E-state index is 0.206. The van der Waals surface area contributed by atoms with Crippen LogP contribution in [0, 0.1) is 5.41 Å². The fourth-order valence-electron chi connectivity index (χ4n) is 1.52. The fraction of sp³-hybridized carbons (Fsp3) is 0.833. The van der Waals surface area contributed by atoms with Crippen molar-refractivity contribution in [2.75, 3.05) is 6.54 Å². The molecule has 0 spiro atoms. The van der Waals surface area contributed by atoms with Gasteiger partial charge in [-0.3, -0.25) is 4.79 Å². The van der Waals surface area contributed by atoms with Gasteiger partial charge >= 0.3 is 5.97 Å². The van der Waals surface area contributed by atoms with Crippen LogP contribution in [0.3, 0.4) is 0 Å². The van der Waals surface area contributed by atoms with Crippen LogP contribution in [0.25, 0.3) is 0 Å². The first-order chi connectivity index (χ1) is 7.75. The van der Waals surface area contributed by atoms with Crippen molar-refractivity contribution in [2.45, 2.75) is 52.5 Å². The number of carbonyl (C=O) groups excluding carboxylic acids is 1. The van der Waals surface area contributed by atoms with Crippen LogP contribution < -0.4 is 11.1 Å². The summed E-state index contributed by atoms with van der Waals surface area (Å²) in [7, 11) is 0.